The Hall–Kier alpha value is -1.88. The second-order valence-corrected chi connectivity index (χ2v) is 8.75. The maximum absolute atomic E-state index is 13.2. The summed E-state index contributed by atoms with van der Waals surface area (Å²) in [6.45, 7) is 3.22. The zero-order chi connectivity index (χ0) is 19.5. The third-order valence-electron chi connectivity index (χ3n) is 7.11. The van der Waals surface area contributed by atoms with E-state index in [0.717, 1.165) is 12.1 Å². The summed E-state index contributed by atoms with van der Waals surface area (Å²) in [6, 6.07) is 10.5. The van der Waals surface area contributed by atoms with Crippen molar-refractivity contribution in [3.8, 4) is 0 Å². The lowest BCUT2D eigenvalue weighted by Gasteiger charge is -2.44. The van der Waals surface area contributed by atoms with Crippen LogP contribution in [0.15, 0.2) is 30.3 Å². The summed E-state index contributed by atoms with van der Waals surface area (Å²) < 4.78 is 0. The van der Waals surface area contributed by atoms with Crippen LogP contribution in [0.5, 0.6) is 0 Å². The van der Waals surface area contributed by atoms with Gasteiger partial charge < -0.3 is 15.1 Å². The van der Waals surface area contributed by atoms with Crippen LogP contribution in [0.4, 0.5) is 0 Å². The van der Waals surface area contributed by atoms with Crippen LogP contribution in [0.3, 0.4) is 0 Å². The third-order valence-corrected chi connectivity index (χ3v) is 7.11. The van der Waals surface area contributed by atoms with Gasteiger partial charge in [0.05, 0.1) is 12.0 Å². The molecule has 1 aromatic rings. The number of carbonyl (C=O) groups is 2. The zero-order valence-corrected chi connectivity index (χ0v) is 17.0. The molecule has 3 fully saturated rings. The van der Waals surface area contributed by atoms with E-state index in [1.165, 1.54) is 45.2 Å². The monoisotopic (exact) mass is 383 g/mol. The van der Waals surface area contributed by atoms with E-state index in [2.05, 4.69) is 10.2 Å². The van der Waals surface area contributed by atoms with Gasteiger partial charge in [-0.05, 0) is 56.7 Å². The molecule has 3 aliphatic rings. The SMILES string of the molecule is CN1C(=O)CCC(C(=O)NCC2CCCN3CCCCC23)C1c1ccccc1. The van der Waals surface area contributed by atoms with Gasteiger partial charge in [-0.3, -0.25) is 9.59 Å². The predicted octanol–water partition coefficient (Wildman–Crippen LogP) is 2.98. The van der Waals surface area contributed by atoms with E-state index in [1.54, 1.807) is 4.90 Å². The van der Waals surface area contributed by atoms with Gasteiger partial charge in [0.2, 0.25) is 11.8 Å². The fourth-order valence-electron chi connectivity index (χ4n) is 5.60. The molecule has 28 heavy (non-hydrogen) atoms. The lowest BCUT2D eigenvalue weighted by atomic mass is 9.82. The first-order valence-corrected chi connectivity index (χ1v) is 11.0. The van der Waals surface area contributed by atoms with Gasteiger partial charge in [0, 0.05) is 26.1 Å². The molecule has 4 unspecified atom stereocenters. The second-order valence-electron chi connectivity index (χ2n) is 8.75. The number of nitrogens with one attached hydrogen (secondary N) is 1. The lowest BCUT2D eigenvalue weighted by Crippen LogP contribution is -2.52. The number of amides is 2. The smallest absolute Gasteiger partial charge is 0.225 e. The number of carbonyl (C=O) groups excluding carboxylic acids is 2. The Labute approximate surface area is 168 Å². The fraction of sp³-hybridized carbons (Fsp3) is 0.652. The summed E-state index contributed by atoms with van der Waals surface area (Å²) in [5.74, 6) is 0.636. The minimum Gasteiger partial charge on any atom is -0.355 e. The molecule has 3 aliphatic heterocycles. The molecular weight excluding hydrogens is 350 g/mol. The van der Waals surface area contributed by atoms with Gasteiger partial charge in [-0.25, -0.2) is 0 Å². The molecule has 3 saturated heterocycles. The Morgan fingerprint density at radius 1 is 1.07 bits per heavy atom. The number of likely N-dealkylation sites (tertiary alicyclic amines) is 1. The quantitative estimate of drug-likeness (QED) is 0.870. The van der Waals surface area contributed by atoms with Crippen LogP contribution in [0.2, 0.25) is 0 Å². The summed E-state index contributed by atoms with van der Waals surface area (Å²) >= 11 is 0. The molecule has 3 heterocycles. The van der Waals surface area contributed by atoms with Crippen molar-refractivity contribution in [3.63, 3.8) is 0 Å². The Morgan fingerprint density at radius 3 is 2.68 bits per heavy atom. The standard InChI is InChI=1S/C23H33N3O2/c1-25-21(27)13-12-19(22(25)17-8-3-2-4-9-17)23(28)24-16-18-10-7-15-26-14-6-5-11-20(18)26/h2-4,8-9,18-20,22H,5-7,10-16H2,1H3,(H,24,28). The van der Waals surface area contributed by atoms with Crippen molar-refractivity contribution >= 4 is 11.8 Å². The molecule has 4 rings (SSSR count). The average Bonchev–Trinajstić information content (AvgIpc) is 2.74. The van der Waals surface area contributed by atoms with Gasteiger partial charge >= 0.3 is 0 Å². The van der Waals surface area contributed by atoms with E-state index in [4.69, 9.17) is 0 Å². The zero-order valence-electron chi connectivity index (χ0n) is 17.0. The maximum Gasteiger partial charge on any atom is 0.225 e. The molecule has 152 valence electrons. The van der Waals surface area contributed by atoms with Gasteiger partial charge in [0.1, 0.15) is 0 Å². The molecule has 4 atom stereocenters. The third kappa shape index (κ3) is 3.95. The van der Waals surface area contributed by atoms with Crippen molar-refractivity contribution in [2.45, 2.75) is 57.0 Å². The van der Waals surface area contributed by atoms with Crippen molar-refractivity contribution < 1.29 is 9.59 Å². The van der Waals surface area contributed by atoms with Crippen molar-refractivity contribution in [1.29, 1.82) is 0 Å². The molecule has 0 spiro atoms. The van der Waals surface area contributed by atoms with Gasteiger partial charge in [-0.2, -0.15) is 0 Å². The first-order valence-electron chi connectivity index (χ1n) is 11.0. The Bertz CT molecular complexity index is 690. The molecule has 0 saturated carbocycles. The maximum atomic E-state index is 13.2. The average molecular weight is 384 g/mol. The molecule has 0 aromatic heterocycles. The number of benzene rings is 1. The van der Waals surface area contributed by atoms with Crippen LogP contribution in [0.1, 0.15) is 56.6 Å². The molecule has 1 aromatic carbocycles. The lowest BCUT2D eigenvalue weighted by molar-refractivity contribution is -0.141. The minimum absolute atomic E-state index is 0.112. The van der Waals surface area contributed by atoms with Crippen LogP contribution in [0, 0.1) is 11.8 Å². The summed E-state index contributed by atoms with van der Waals surface area (Å²) in [7, 11) is 1.83. The van der Waals surface area contributed by atoms with Crippen LogP contribution in [-0.4, -0.2) is 54.3 Å². The molecule has 2 amide bonds. The van der Waals surface area contributed by atoms with E-state index < -0.39 is 0 Å². The highest BCUT2D eigenvalue weighted by atomic mass is 16.2. The van der Waals surface area contributed by atoms with E-state index in [-0.39, 0.29) is 23.8 Å². The first kappa shape index (κ1) is 19.4. The molecule has 0 bridgehead atoms. The number of hydrogen-bond acceptors (Lipinski definition) is 3. The van der Waals surface area contributed by atoms with Crippen molar-refractivity contribution in [3.05, 3.63) is 35.9 Å². The van der Waals surface area contributed by atoms with Crippen molar-refractivity contribution in [2.24, 2.45) is 11.8 Å². The highest BCUT2D eigenvalue weighted by molar-refractivity contribution is 5.84. The van der Waals surface area contributed by atoms with E-state index in [1.807, 2.05) is 37.4 Å². The number of piperidine rings is 3. The number of nitrogens with zero attached hydrogens (tertiary/aromatic N) is 2. The van der Waals surface area contributed by atoms with E-state index >= 15 is 0 Å². The topological polar surface area (TPSA) is 52.7 Å². The number of rotatable bonds is 4. The van der Waals surface area contributed by atoms with Crippen LogP contribution in [-0.2, 0) is 9.59 Å². The van der Waals surface area contributed by atoms with Gasteiger partial charge in [0.15, 0.2) is 0 Å². The second kappa shape index (κ2) is 8.64. The van der Waals surface area contributed by atoms with Gasteiger partial charge in [-0.15, -0.1) is 0 Å². The first-order chi connectivity index (χ1) is 13.6. The van der Waals surface area contributed by atoms with Crippen LogP contribution >= 0.6 is 0 Å². The summed E-state index contributed by atoms with van der Waals surface area (Å²) in [6.07, 6.45) is 7.45. The van der Waals surface area contributed by atoms with Gasteiger partial charge in [0.25, 0.3) is 0 Å². The molecule has 0 radical (unpaired) electrons. The number of fused-ring (bicyclic) bond motifs is 1. The molecular formula is C23H33N3O2. The Kier molecular flexibility index (Phi) is 6.00. The van der Waals surface area contributed by atoms with E-state index in [9.17, 15) is 9.59 Å². The Balaban J connectivity index is 1.43. The van der Waals surface area contributed by atoms with E-state index in [0.29, 0.717) is 24.8 Å². The summed E-state index contributed by atoms with van der Waals surface area (Å²) in [5.41, 5.74) is 1.05. The largest absolute Gasteiger partial charge is 0.355 e. The summed E-state index contributed by atoms with van der Waals surface area (Å²) in [5, 5.41) is 3.29. The van der Waals surface area contributed by atoms with Gasteiger partial charge in [-0.1, -0.05) is 36.8 Å². The highest BCUT2D eigenvalue weighted by Gasteiger charge is 2.39. The van der Waals surface area contributed by atoms with Crippen molar-refractivity contribution in [1.82, 2.24) is 15.1 Å². The van der Waals surface area contributed by atoms with Crippen LogP contribution < -0.4 is 5.32 Å². The molecule has 0 aliphatic carbocycles. The molecule has 5 nitrogen and oxygen atoms in total. The minimum atomic E-state index is -0.170. The molecule has 5 heteroatoms. The highest BCUT2D eigenvalue weighted by Crippen LogP contribution is 2.36. The predicted molar refractivity (Wildman–Crippen MR) is 110 cm³/mol. The number of hydrogen-bond donors (Lipinski definition) is 1. The van der Waals surface area contributed by atoms with Crippen molar-refractivity contribution in [2.75, 3.05) is 26.7 Å². The van der Waals surface area contributed by atoms with Crippen LogP contribution in [0.25, 0.3) is 0 Å². The Morgan fingerprint density at radius 2 is 1.86 bits per heavy atom. The normalized spacial score (nSPS) is 31.3. The molecule has 1 N–H and O–H groups in total. The fourth-order valence-corrected chi connectivity index (χ4v) is 5.60. The summed E-state index contributed by atoms with van der Waals surface area (Å²) in [4.78, 5) is 29.9.